The summed E-state index contributed by atoms with van der Waals surface area (Å²) >= 11 is 1.61. The van der Waals surface area contributed by atoms with Crippen molar-refractivity contribution in [3.63, 3.8) is 0 Å². The van der Waals surface area contributed by atoms with Gasteiger partial charge in [0.1, 0.15) is 6.23 Å². The molecular weight excluding hydrogens is 409 g/mol. The molecule has 1 aliphatic rings. The van der Waals surface area contributed by atoms with E-state index in [1.54, 1.807) is 30.2 Å². The van der Waals surface area contributed by atoms with Crippen molar-refractivity contribution in [2.45, 2.75) is 43.6 Å². The van der Waals surface area contributed by atoms with Gasteiger partial charge >= 0.3 is 0 Å². The van der Waals surface area contributed by atoms with Gasteiger partial charge in [0.05, 0.1) is 18.5 Å². The molecule has 1 aromatic carbocycles. The summed E-state index contributed by atoms with van der Waals surface area (Å²) in [6, 6.07) is 9.91. The Morgan fingerprint density at radius 3 is 2.90 bits per heavy atom. The van der Waals surface area contributed by atoms with E-state index in [-0.39, 0.29) is 29.4 Å². The van der Waals surface area contributed by atoms with Crippen molar-refractivity contribution in [1.82, 2.24) is 19.5 Å². The van der Waals surface area contributed by atoms with Crippen molar-refractivity contribution in [2.75, 3.05) is 11.1 Å². The Hall–Kier alpha value is -2.69. The lowest BCUT2D eigenvalue weighted by atomic mass is 10.2. The summed E-state index contributed by atoms with van der Waals surface area (Å²) in [5, 5.41) is 13.1. The quantitative estimate of drug-likeness (QED) is 0.403. The molecule has 3 atom stereocenters. The van der Waals surface area contributed by atoms with Gasteiger partial charge in [-0.15, -0.1) is 11.8 Å². The fourth-order valence-electron chi connectivity index (χ4n) is 3.19. The first kappa shape index (κ1) is 20.6. The predicted molar refractivity (Wildman–Crippen MR) is 113 cm³/mol. The summed E-state index contributed by atoms with van der Waals surface area (Å²) in [5.74, 6) is 0.141. The van der Waals surface area contributed by atoms with E-state index in [0.29, 0.717) is 17.8 Å². The Morgan fingerprint density at radius 2 is 2.17 bits per heavy atom. The second-order valence-corrected chi connectivity index (χ2v) is 8.53. The van der Waals surface area contributed by atoms with E-state index >= 15 is 0 Å². The minimum Gasteiger partial charge on any atom is -0.390 e. The van der Waals surface area contributed by atoms with E-state index in [0.717, 1.165) is 4.90 Å². The molecule has 1 aliphatic heterocycles. The number of rotatable bonds is 6. The molecule has 0 bridgehead atoms. The van der Waals surface area contributed by atoms with Crippen molar-refractivity contribution in [1.29, 1.82) is 0 Å². The van der Waals surface area contributed by atoms with Gasteiger partial charge in [-0.05, 0) is 12.1 Å². The number of carbonyl (C=O) groups excluding carboxylic acids is 1. The second kappa shape index (κ2) is 8.58. The molecule has 0 aliphatic carbocycles. The molecule has 4 rings (SSSR count). The average molecular weight is 432 g/mol. The zero-order valence-corrected chi connectivity index (χ0v) is 17.4. The van der Waals surface area contributed by atoms with Crippen LogP contribution in [0.1, 0.15) is 26.5 Å². The summed E-state index contributed by atoms with van der Waals surface area (Å²) in [4.78, 5) is 36.4. The lowest BCUT2D eigenvalue weighted by molar-refractivity contribution is -0.118. The van der Waals surface area contributed by atoms with Crippen LogP contribution in [-0.2, 0) is 9.53 Å². The van der Waals surface area contributed by atoms with E-state index < -0.39 is 17.9 Å². The molecular formula is C20H23N5O4S. The number of aliphatic hydroxyl groups excluding tert-OH is 1. The van der Waals surface area contributed by atoms with Crippen LogP contribution in [0.25, 0.3) is 11.2 Å². The van der Waals surface area contributed by atoms with Gasteiger partial charge in [-0.3, -0.25) is 24.5 Å². The molecule has 0 radical (unpaired) electrons. The first-order valence-corrected chi connectivity index (χ1v) is 10.7. The van der Waals surface area contributed by atoms with Crippen LogP contribution in [0.5, 0.6) is 0 Å². The summed E-state index contributed by atoms with van der Waals surface area (Å²) in [6.07, 6.45) is 0.318. The Labute approximate surface area is 176 Å². The SMILES string of the molecule is CC(C)C(=O)[15NH]c1[15n]c2c(ncn2[C@H]2C[C@H](O)[C@@H](CSc3ccccc3)O2)c(=O)[15nH]1. The molecule has 0 unspecified atom stereocenters. The Morgan fingerprint density at radius 1 is 1.40 bits per heavy atom. The van der Waals surface area contributed by atoms with Crippen LogP contribution < -0.4 is 10.9 Å². The van der Waals surface area contributed by atoms with E-state index in [9.17, 15) is 14.7 Å². The average Bonchev–Trinajstić information content (AvgIpc) is 3.30. The van der Waals surface area contributed by atoms with Crippen LogP contribution in [0.15, 0.2) is 46.3 Å². The van der Waals surface area contributed by atoms with Gasteiger partial charge in [0, 0.05) is 23.0 Å². The number of aliphatic hydroxyl groups is 1. The Bertz CT molecular complexity index is 1100. The highest BCUT2D eigenvalue weighted by Crippen LogP contribution is 2.33. The molecule has 158 valence electrons. The minimum atomic E-state index is -0.647. The Balaban J connectivity index is 1.53. The number of carbonyl (C=O) groups is 1. The first-order chi connectivity index (χ1) is 14.4. The number of hydrogen-bond acceptors (Lipinski definition) is 7. The maximum absolute atomic E-state index is 12.4. The molecule has 10 heteroatoms. The van der Waals surface area contributed by atoms with Crippen LogP contribution in [-0.4, -0.2) is 48.5 Å². The molecule has 1 fully saturated rings. The number of amides is 1. The largest absolute Gasteiger partial charge is 0.390 e. The number of nitrogens with one attached hydrogen (secondary N) is 2. The number of fused-ring (bicyclic) bond motifs is 1. The topological polar surface area (TPSA) is 122 Å². The van der Waals surface area contributed by atoms with Gasteiger partial charge in [0.15, 0.2) is 11.2 Å². The zero-order chi connectivity index (χ0) is 21.3. The third-order valence-electron chi connectivity index (χ3n) is 4.87. The van der Waals surface area contributed by atoms with Gasteiger partial charge in [0.25, 0.3) is 5.56 Å². The smallest absolute Gasteiger partial charge is 0.280 e. The maximum Gasteiger partial charge on any atom is 0.280 e. The molecule has 0 spiro atoms. The fraction of sp³-hybridized carbons (Fsp3) is 0.400. The number of hydrogen-bond donors (Lipinski definition) is 3. The van der Waals surface area contributed by atoms with E-state index in [2.05, 4.69) is 20.3 Å². The summed E-state index contributed by atoms with van der Waals surface area (Å²) < 4.78 is 7.69. The maximum atomic E-state index is 12.4. The number of imidazole rings is 1. The Kier molecular flexibility index (Phi) is 5.89. The monoisotopic (exact) mass is 432 g/mol. The molecule has 9 nitrogen and oxygen atoms in total. The van der Waals surface area contributed by atoms with E-state index in [1.165, 1.54) is 6.33 Å². The number of aromatic nitrogens is 4. The molecule has 3 N–H and O–H groups in total. The van der Waals surface area contributed by atoms with Gasteiger partial charge in [0.2, 0.25) is 11.9 Å². The lowest BCUT2D eigenvalue weighted by Gasteiger charge is -2.15. The third-order valence-corrected chi connectivity index (χ3v) is 5.97. The minimum absolute atomic E-state index is 0.0580. The van der Waals surface area contributed by atoms with Crippen molar-refractivity contribution < 1.29 is 14.6 Å². The van der Waals surface area contributed by atoms with Crippen LogP contribution in [0.3, 0.4) is 0 Å². The number of anilines is 1. The van der Waals surface area contributed by atoms with Gasteiger partial charge in [-0.25, -0.2) is 4.98 Å². The predicted octanol–water partition coefficient (Wildman–Crippen LogP) is 2.15. The third kappa shape index (κ3) is 4.25. The van der Waals surface area contributed by atoms with Crippen molar-refractivity contribution in [3.05, 3.63) is 47.0 Å². The molecule has 1 saturated heterocycles. The lowest BCUT2D eigenvalue weighted by Crippen LogP contribution is -2.23. The fourth-order valence-corrected chi connectivity index (χ4v) is 4.20. The molecule has 30 heavy (non-hydrogen) atoms. The van der Waals surface area contributed by atoms with Crippen LogP contribution in [0.4, 0.5) is 5.95 Å². The molecule has 0 saturated carbocycles. The molecule has 3 heterocycles. The molecule has 1 amide bonds. The standard InChI is InChI=1S/C20H23N5O4S/c1-11(2)18(27)23-20-22-17-16(19(28)24-20)21-10-25(17)15-8-13(26)14(29-15)9-30-12-6-4-3-5-7-12/h3-7,10-11,13-15,26H,8-9H2,1-2H3,(H2,22,23,24,27,28)/t13-,14+,15+/m0/s1/i22+1,23+1,24+1. The summed E-state index contributed by atoms with van der Waals surface area (Å²) in [7, 11) is 0. The number of nitrogens with zero attached hydrogens (tertiary/aromatic N) is 3. The van der Waals surface area contributed by atoms with Crippen molar-refractivity contribution in [2.24, 2.45) is 5.92 Å². The number of thioether (sulfide) groups is 1. The number of benzene rings is 1. The van der Waals surface area contributed by atoms with E-state index in [4.69, 9.17) is 4.74 Å². The second-order valence-electron chi connectivity index (χ2n) is 7.44. The van der Waals surface area contributed by atoms with Gasteiger partial charge in [-0.2, -0.15) is 4.98 Å². The summed E-state index contributed by atoms with van der Waals surface area (Å²) in [5.41, 5.74) is -0.00310. The van der Waals surface area contributed by atoms with Crippen LogP contribution in [0, 0.1) is 5.92 Å². The molecule has 2 aromatic heterocycles. The van der Waals surface area contributed by atoms with Gasteiger partial charge in [-0.1, -0.05) is 32.0 Å². The van der Waals surface area contributed by atoms with E-state index in [1.807, 2.05) is 30.3 Å². The van der Waals surface area contributed by atoms with Crippen molar-refractivity contribution in [3.8, 4) is 0 Å². The van der Waals surface area contributed by atoms with Crippen molar-refractivity contribution >= 4 is 34.8 Å². The van der Waals surface area contributed by atoms with Crippen LogP contribution in [0.2, 0.25) is 0 Å². The highest BCUT2D eigenvalue weighted by molar-refractivity contribution is 7.99. The van der Waals surface area contributed by atoms with Crippen LogP contribution >= 0.6 is 11.8 Å². The summed E-state index contributed by atoms with van der Waals surface area (Å²) in [6.45, 7) is 3.50. The molecule has 3 aromatic rings. The first-order valence-electron chi connectivity index (χ1n) is 9.71. The highest BCUT2D eigenvalue weighted by Gasteiger charge is 2.36. The normalized spacial score (nSPS) is 21.4. The number of aromatic amines is 1. The zero-order valence-electron chi connectivity index (χ0n) is 16.6. The number of ether oxygens (including phenoxy) is 1. The highest BCUT2D eigenvalue weighted by atomic mass is 32.2. The van der Waals surface area contributed by atoms with Gasteiger partial charge < -0.3 is 9.84 Å². The number of H-pyrrole nitrogens is 1.